The molecule has 1 aliphatic heterocycles. The Bertz CT molecular complexity index is 442. The summed E-state index contributed by atoms with van der Waals surface area (Å²) in [7, 11) is 3.37. The first-order valence-corrected chi connectivity index (χ1v) is 6.42. The number of anilines is 1. The molecule has 2 rings (SSSR count). The van der Waals surface area contributed by atoms with E-state index >= 15 is 0 Å². The van der Waals surface area contributed by atoms with Crippen molar-refractivity contribution in [1.82, 2.24) is 4.90 Å². The van der Waals surface area contributed by atoms with Gasteiger partial charge in [-0.1, -0.05) is 18.2 Å². The summed E-state index contributed by atoms with van der Waals surface area (Å²) in [5, 5.41) is 10.0. The summed E-state index contributed by atoms with van der Waals surface area (Å²) < 4.78 is 4.61. The molecule has 1 atom stereocenters. The highest BCUT2D eigenvalue weighted by atomic mass is 16.5. The van der Waals surface area contributed by atoms with E-state index in [4.69, 9.17) is 0 Å². The maximum atomic E-state index is 11.5. The summed E-state index contributed by atoms with van der Waals surface area (Å²) >= 11 is 0. The number of ether oxygens (including phenoxy) is 1. The molecule has 1 unspecified atom stereocenters. The normalized spacial score (nSPS) is 18.2. The summed E-state index contributed by atoms with van der Waals surface area (Å²) in [6, 6.07) is 7.45. The van der Waals surface area contributed by atoms with Gasteiger partial charge in [-0.2, -0.15) is 0 Å². The van der Waals surface area contributed by atoms with Crippen LogP contribution in [-0.4, -0.2) is 56.3 Å². The second kappa shape index (κ2) is 6.04. The van der Waals surface area contributed by atoms with E-state index in [9.17, 15) is 9.90 Å². The third-order valence-electron chi connectivity index (χ3n) is 3.50. The maximum absolute atomic E-state index is 11.5. The van der Waals surface area contributed by atoms with Crippen molar-refractivity contribution in [3.05, 3.63) is 29.8 Å². The molecule has 1 heterocycles. The number of aliphatic hydroxyl groups is 1. The number of carbonyl (C=O) groups excluding carboxylic acids is 1. The Morgan fingerprint density at radius 2 is 1.89 bits per heavy atom. The van der Waals surface area contributed by atoms with Crippen LogP contribution in [0.5, 0.6) is 0 Å². The summed E-state index contributed by atoms with van der Waals surface area (Å²) in [5.74, 6) is -0.624. The minimum atomic E-state index is -1.22. The standard InChI is InChI=1S/C14H20N2O3/c1-15-7-9-16(10-8-15)12-6-4-3-5-11(12)13(17)14(18)19-2/h3-6,13,17H,7-10H2,1-2H3. The molecule has 0 radical (unpaired) electrons. The zero-order chi connectivity index (χ0) is 13.8. The fraction of sp³-hybridized carbons (Fsp3) is 0.500. The van der Waals surface area contributed by atoms with Crippen molar-refractivity contribution in [3.8, 4) is 0 Å². The van der Waals surface area contributed by atoms with Crippen LogP contribution in [0.4, 0.5) is 5.69 Å². The molecule has 0 aliphatic carbocycles. The zero-order valence-corrected chi connectivity index (χ0v) is 11.4. The Labute approximate surface area is 113 Å². The number of esters is 1. The lowest BCUT2D eigenvalue weighted by Gasteiger charge is -2.35. The number of methoxy groups -OCH3 is 1. The summed E-state index contributed by atoms with van der Waals surface area (Å²) in [6.45, 7) is 3.73. The molecule has 0 amide bonds. The Balaban J connectivity index is 2.23. The molecule has 0 spiro atoms. The molecule has 19 heavy (non-hydrogen) atoms. The van der Waals surface area contributed by atoms with Crippen LogP contribution in [0.25, 0.3) is 0 Å². The molecule has 1 aromatic rings. The van der Waals surface area contributed by atoms with E-state index in [1.54, 1.807) is 6.07 Å². The molecule has 1 aliphatic rings. The van der Waals surface area contributed by atoms with E-state index in [0.29, 0.717) is 5.56 Å². The quantitative estimate of drug-likeness (QED) is 0.812. The van der Waals surface area contributed by atoms with E-state index in [1.807, 2.05) is 18.2 Å². The Hall–Kier alpha value is -1.59. The van der Waals surface area contributed by atoms with E-state index in [0.717, 1.165) is 31.9 Å². The topological polar surface area (TPSA) is 53.0 Å². The van der Waals surface area contributed by atoms with Gasteiger partial charge >= 0.3 is 5.97 Å². The monoisotopic (exact) mass is 264 g/mol. The van der Waals surface area contributed by atoms with Crippen molar-refractivity contribution < 1.29 is 14.6 Å². The van der Waals surface area contributed by atoms with Crippen molar-refractivity contribution in [2.24, 2.45) is 0 Å². The lowest BCUT2D eigenvalue weighted by Crippen LogP contribution is -2.45. The van der Waals surface area contributed by atoms with Crippen LogP contribution >= 0.6 is 0 Å². The molecular formula is C14H20N2O3. The van der Waals surface area contributed by atoms with Crippen LogP contribution in [0.1, 0.15) is 11.7 Å². The van der Waals surface area contributed by atoms with E-state index in [1.165, 1.54) is 7.11 Å². The minimum absolute atomic E-state index is 0.610. The number of para-hydroxylation sites is 1. The van der Waals surface area contributed by atoms with E-state index in [2.05, 4.69) is 21.6 Å². The van der Waals surface area contributed by atoms with Crippen LogP contribution in [-0.2, 0) is 9.53 Å². The highest BCUT2D eigenvalue weighted by Gasteiger charge is 2.24. The maximum Gasteiger partial charge on any atom is 0.339 e. The van der Waals surface area contributed by atoms with Gasteiger partial charge in [0.15, 0.2) is 6.10 Å². The molecule has 0 bridgehead atoms. The number of hydrogen-bond donors (Lipinski definition) is 1. The number of likely N-dealkylation sites (N-methyl/N-ethyl adjacent to an activating group) is 1. The Morgan fingerprint density at radius 3 is 2.53 bits per heavy atom. The van der Waals surface area contributed by atoms with Gasteiger partial charge in [0, 0.05) is 37.4 Å². The van der Waals surface area contributed by atoms with Crippen LogP contribution in [0, 0.1) is 0 Å². The predicted molar refractivity (Wildman–Crippen MR) is 73.1 cm³/mol. The molecule has 5 nitrogen and oxygen atoms in total. The molecule has 1 fully saturated rings. The number of carbonyl (C=O) groups is 1. The van der Waals surface area contributed by atoms with Crippen molar-refractivity contribution in [1.29, 1.82) is 0 Å². The van der Waals surface area contributed by atoms with Crippen LogP contribution < -0.4 is 4.90 Å². The van der Waals surface area contributed by atoms with Crippen molar-refractivity contribution in [2.45, 2.75) is 6.10 Å². The Morgan fingerprint density at radius 1 is 1.26 bits per heavy atom. The van der Waals surface area contributed by atoms with E-state index < -0.39 is 12.1 Å². The fourth-order valence-electron chi connectivity index (χ4n) is 2.29. The van der Waals surface area contributed by atoms with Crippen molar-refractivity contribution in [3.63, 3.8) is 0 Å². The van der Waals surface area contributed by atoms with Gasteiger partial charge < -0.3 is 19.6 Å². The van der Waals surface area contributed by atoms with Crippen LogP contribution in [0.3, 0.4) is 0 Å². The summed E-state index contributed by atoms with van der Waals surface area (Å²) in [6.07, 6.45) is -1.22. The summed E-state index contributed by atoms with van der Waals surface area (Å²) in [5.41, 5.74) is 1.52. The number of rotatable bonds is 3. The van der Waals surface area contributed by atoms with Gasteiger partial charge in [0.1, 0.15) is 0 Å². The van der Waals surface area contributed by atoms with Gasteiger partial charge in [-0.15, -0.1) is 0 Å². The molecule has 1 N–H and O–H groups in total. The molecule has 0 saturated carbocycles. The molecule has 1 aromatic carbocycles. The van der Waals surface area contributed by atoms with Gasteiger partial charge in [0.2, 0.25) is 0 Å². The lowest BCUT2D eigenvalue weighted by molar-refractivity contribution is -0.150. The highest BCUT2D eigenvalue weighted by Crippen LogP contribution is 2.27. The van der Waals surface area contributed by atoms with Gasteiger partial charge in [-0.3, -0.25) is 0 Å². The first-order chi connectivity index (χ1) is 9.13. The van der Waals surface area contributed by atoms with Crippen LogP contribution in [0.2, 0.25) is 0 Å². The number of piperazine rings is 1. The van der Waals surface area contributed by atoms with Gasteiger partial charge in [0.25, 0.3) is 0 Å². The molecule has 1 saturated heterocycles. The average Bonchev–Trinajstić information content (AvgIpc) is 2.46. The third-order valence-corrected chi connectivity index (χ3v) is 3.50. The average molecular weight is 264 g/mol. The third kappa shape index (κ3) is 3.05. The summed E-state index contributed by atoms with van der Waals surface area (Å²) in [4.78, 5) is 16.0. The van der Waals surface area contributed by atoms with E-state index in [-0.39, 0.29) is 0 Å². The molecule has 5 heteroatoms. The van der Waals surface area contributed by atoms with Crippen LogP contribution in [0.15, 0.2) is 24.3 Å². The first-order valence-electron chi connectivity index (χ1n) is 6.42. The minimum Gasteiger partial charge on any atom is -0.467 e. The fourth-order valence-corrected chi connectivity index (χ4v) is 2.29. The highest BCUT2D eigenvalue weighted by molar-refractivity contribution is 5.79. The van der Waals surface area contributed by atoms with Gasteiger partial charge in [-0.05, 0) is 13.1 Å². The van der Waals surface area contributed by atoms with Gasteiger partial charge in [-0.25, -0.2) is 4.79 Å². The lowest BCUT2D eigenvalue weighted by atomic mass is 10.1. The first kappa shape index (κ1) is 13.8. The number of hydrogen-bond acceptors (Lipinski definition) is 5. The molecular weight excluding hydrogens is 244 g/mol. The Kier molecular flexibility index (Phi) is 4.39. The predicted octanol–water partition coefficient (Wildman–Crippen LogP) is 0.645. The SMILES string of the molecule is COC(=O)C(O)c1ccccc1N1CCN(C)CC1. The number of benzene rings is 1. The van der Waals surface area contributed by atoms with Crippen molar-refractivity contribution >= 4 is 11.7 Å². The largest absolute Gasteiger partial charge is 0.467 e. The second-order valence-corrected chi connectivity index (χ2v) is 4.77. The number of nitrogens with zero attached hydrogens (tertiary/aromatic N) is 2. The smallest absolute Gasteiger partial charge is 0.339 e. The molecule has 104 valence electrons. The van der Waals surface area contributed by atoms with Gasteiger partial charge in [0.05, 0.1) is 7.11 Å². The molecule has 0 aromatic heterocycles. The zero-order valence-electron chi connectivity index (χ0n) is 11.4. The second-order valence-electron chi connectivity index (χ2n) is 4.77. The number of aliphatic hydroxyl groups excluding tert-OH is 1. The van der Waals surface area contributed by atoms with Crippen molar-refractivity contribution in [2.75, 3.05) is 45.2 Å².